The molecule has 1 aliphatic rings. The maximum atomic E-state index is 15.5. The van der Waals surface area contributed by atoms with E-state index in [0.717, 1.165) is 6.07 Å². The van der Waals surface area contributed by atoms with Crippen LogP contribution in [0.1, 0.15) is 56.3 Å². The predicted molar refractivity (Wildman–Crippen MR) is 152 cm³/mol. The number of carbonyl (C=O) groups excluding carboxylic acids is 1. The maximum Gasteiger partial charge on any atom is 0.335 e. The molecule has 10 heteroatoms. The van der Waals surface area contributed by atoms with E-state index in [1.54, 1.807) is 35.2 Å². The fourth-order valence-electron chi connectivity index (χ4n) is 5.19. The van der Waals surface area contributed by atoms with Crippen LogP contribution in [-0.4, -0.2) is 40.6 Å². The molecule has 3 aromatic carbocycles. The molecule has 43 heavy (non-hydrogen) atoms. The van der Waals surface area contributed by atoms with Crippen molar-refractivity contribution in [2.45, 2.75) is 32.0 Å². The first kappa shape index (κ1) is 29.4. The molecule has 0 aliphatic carbocycles. The van der Waals surface area contributed by atoms with Crippen LogP contribution in [0.25, 0.3) is 11.3 Å². The number of benzene rings is 3. The average molecular weight is 584 g/mol. The van der Waals surface area contributed by atoms with Gasteiger partial charge in [0.05, 0.1) is 28.4 Å². The van der Waals surface area contributed by atoms with Gasteiger partial charge in [-0.2, -0.15) is 5.26 Å². The van der Waals surface area contributed by atoms with Gasteiger partial charge in [-0.1, -0.05) is 24.3 Å². The lowest BCUT2D eigenvalue weighted by atomic mass is 9.87. The molecule has 8 nitrogen and oxygen atoms in total. The summed E-state index contributed by atoms with van der Waals surface area (Å²) in [7, 11) is 1.54. The zero-order chi connectivity index (χ0) is 30.7. The van der Waals surface area contributed by atoms with Crippen LogP contribution in [0.2, 0.25) is 0 Å². The van der Waals surface area contributed by atoms with Crippen LogP contribution in [0, 0.1) is 23.0 Å². The standard InChI is InChI=1S/C33H27F2N3O5/c1-33(12-13-42-2)26-15-22(32(40)41)10-11-25(26)31(39)38(33)18-23-9-8-21(16-28(23)35)29-4-3-5-30(37-29)43-19-24-7-6-20(17-36)14-27(24)34/h3-11,14-16H,12-13,18-19H2,1-2H3,(H,40,41)/t33-/m0/s1. The lowest BCUT2D eigenvalue weighted by Crippen LogP contribution is -2.42. The van der Waals surface area contributed by atoms with Crippen molar-refractivity contribution in [1.29, 1.82) is 5.26 Å². The van der Waals surface area contributed by atoms with Crippen LogP contribution >= 0.6 is 0 Å². The molecule has 0 fully saturated rings. The Morgan fingerprint density at radius 1 is 1.05 bits per heavy atom. The van der Waals surface area contributed by atoms with Gasteiger partial charge in [-0.3, -0.25) is 4.79 Å². The van der Waals surface area contributed by atoms with E-state index in [1.807, 2.05) is 13.0 Å². The van der Waals surface area contributed by atoms with E-state index in [-0.39, 0.29) is 47.2 Å². The van der Waals surface area contributed by atoms with Gasteiger partial charge in [-0.05, 0) is 61.4 Å². The monoisotopic (exact) mass is 583 g/mol. The highest BCUT2D eigenvalue weighted by Gasteiger charge is 2.46. The highest BCUT2D eigenvalue weighted by Crippen LogP contribution is 2.43. The lowest BCUT2D eigenvalue weighted by molar-refractivity contribution is 0.0449. The van der Waals surface area contributed by atoms with Gasteiger partial charge in [0.15, 0.2) is 0 Å². The minimum absolute atomic E-state index is 0.0466. The second kappa shape index (κ2) is 12.0. The Hall–Kier alpha value is -5.14. The molecule has 2 heterocycles. The normalized spacial score (nSPS) is 15.7. The third kappa shape index (κ3) is 5.80. The molecule has 0 unspecified atom stereocenters. The van der Waals surface area contributed by atoms with E-state index in [9.17, 15) is 19.1 Å². The molecule has 1 aromatic heterocycles. The molecular weight excluding hydrogens is 556 g/mol. The number of nitrogens with zero attached hydrogens (tertiary/aromatic N) is 3. The first-order valence-corrected chi connectivity index (χ1v) is 13.4. The Kier molecular flexibility index (Phi) is 8.19. The summed E-state index contributed by atoms with van der Waals surface area (Å²) < 4.78 is 40.7. The molecule has 1 aliphatic heterocycles. The summed E-state index contributed by atoms with van der Waals surface area (Å²) in [5, 5.41) is 18.4. The lowest BCUT2D eigenvalue weighted by Gasteiger charge is -2.36. The number of carboxylic acid groups (broad SMARTS) is 1. The van der Waals surface area contributed by atoms with Gasteiger partial charge in [0.25, 0.3) is 5.91 Å². The smallest absolute Gasteiger partial charge is 0.335 e. The van der Waals surface area contributed by atoms with Crippen molar-refractivity contribution >= 4 is 11.9 Å². The Bertz CT molecular complexity index is 1770. The molecule has 0 saturated carbocycles. The average Bonchev–Trinajstić information content (AvgIpc) is 3.21. The summed E-state index contributed by atoms with van der Waals surface area (Å²) in [4.78, 5) is 31.1. The Labute approximate surface area is 246 Å². The van der Waals surface area contributed by atoms with Crippen molar-refractivity contribution in [3.63, 3.8) is 0 Å². The number of hydrogen-bond acceptors (Lipinski definition) is 6. The van der Waals surface area contributed by atoms with Crippen LogP contribution in [0.15, 0.2) is 72.8 Å². The third-order valence-corrected chi connectivity index (χ3v) is 7.67. The number of halogens is 2. The number of rotatable bonds is 10. The van der Waals surface area contributed by atoms with Crippen molar-refractivity contribution < 1.29 is 33.0 Å². The summed E-state index contributed by atoms with van der Waals surface area (Å²) >= 11 is 0. The molecule has 1 atom stereocenters. The third-order valence-electron chi connectivity index (χ3n) is 7.67. The summed E-state index contributed by atoms with van der Waals surface area (Å²) in [6, 6.07) is 19.9. The van der Waals surface area contributed by atoms with Gasteiger partial charge in [-0.25, -0.2) is 18.6 Å². The number of ether oxygens (including phenoxy) is 2. The second-order valence-corrected chi connectivity index (χ2v) is 10.3. The van der Waals surface area contributed by atoms with Gasteiger partial charge >= 0.3 is 5.97 Å². The Morgan fingerprint density at radius 3 is 2.51 bits per heavy atom. The zero-order valence-electron chi connectivity index (χ0n) is 23.4. The number of aromatic nitrogens is 1. The zero-order valence-corrected chi connectivity index (χ0v) is 23.4. The fraction of sp³-hybridized carbons (Fsp3) is 0.212. The quantitative estimate of drug-likeness (QED) is 0.241. The topological polar surface area (TPSA) is 113 Å². The van der Waals surface area contributed by atoms with E-state index >= 15 is 4.39 Å². The number of amides is 1. The van der Waals surface area contributed by atoms with E-state index < -0.39 is 23.1 Å². The minimum atomic E-state index is -1.10. The van der Waals surface area contributed by atoms with Gasteiger partial charge in [0, 0.05) is 48.6 Å². The fourth-order valence-corrected chi connectivity index (χ4v) is 5.19. The Balaban J connectivity index is 1.37. The number of hydrogen-bond donors (Lipinski definition) is 1. The molecule has 0 spiro atoms. The van der Waals surface area contributed by atoms with Crippen LogP contribution < -0.4 is 4.74 Å². The summed E-state index contributed by atoms with van der Waals surface area (Å²) in [5.41, 5.74) is 1.73. The first-order chi connectivity index (χ1) is 20.6. The van der Waals surface area contributed by atoms with E-state index in [1.165, 1.54) is 43.5 Å². The molecule has 0 bridgehead atoms. The molecule has 0 radical (unpaired) electrons. The molecule has 4 aromatic rings. The second-order valence-electron chi connectivity index (χ2n) is 10.3. The van der Waals surface area contributed by atoms with E-state index in [0.29, 0.717) is 35.4 Å². The van der Waals surface area contributed by atoms with Crippen LogP contribution in [-0.2, 0) is 23.4 Å². The van der Waals surface area contributed by atoms with Crippen molar-refractivity contribution in [1.82, 2.24) is 9.88 Å². The first-order valence-electron chi connectivity index (χ1n) is 13.4. The number of methoxy groups -OCH3 is 1. The summed E-state index contributed by atoms with van der Waals surface area (Å²) in [6.07, 6.45) is 0.383. The van der Waals surface area contributed by atoms with Gasteiger partial charge in [-0.15, -0.1) is 0 Å². The number of carboxylic acids is 1. The summed E-state index contributed by atoms with van der Waals surface area (Å²) in [5.74, 6) is -2.32. The van der Waals surface area contributed by atoms with Gasteiger partial charge in [0.2, 0.25) is 5.88 Å². The van der Waals surface area contributed by atoms with Crippen LogP contribution in [0.5, 0.6) is 5.88 Å². The van der Waals surface area contributed by atoms with Crippen molar-refractivity contribution in [2.24, 2.45) is 0 Å². The highest BCUT2D eigenvalue weighted by atomic mass is 19.1. The predicted octanol–water partition coefficient (Wildman–Crippen LogP) is 6.08. The maximum absolute atomic E-state index is 15.5. The SMILES string of the molecule is COCC[C@@]1(C)c2cc(C(=O)O)ccc2C(=O)N1Cc1ccc(-c2cccc(OCc3ccc(C#N)cc3F)n2)cc1F. The number of nitriles is 1. The number of pyridine rings is 1. The molecular formula is C33H27F2N3O5. The van der Waals surface area contributed by atoms with Crippen molar-refractivity contribution in [2.75, 3.05) is 13.7 Å². The van der Waals surface area contributed by atoms with E-state index in [2.05, 4.69) is 4.98 Å². The van der Waals surface area contributed by atoms with Crippen LogP contribution in [0.4, 0.5) is 8.78 Å². The number of carbonyl (C=O) groups is 2. The Morgan fingerprint density at radius 2 is 1.81 bits per heavy atom. The molecule has 5 rings (SSSR count). The van der Waals surface area contributed by atoms with Gasteiger partial charge < -0.3 is 19.5 Å². The highest BCUT2D eigenvalue weighted by molar-refractivity contribution is 6.01. The summed E-state index contributed by atoms with van der Waals surface area (Å²) in [6.45, 7) is 1.98. The molecule has 218 valence electrons. The van der Waals surface area contributed by atoms with E-state index in [4.69, 9.17) is 14.7 Å². The minimum Gasteiger partial charge on any atom is -0.478 e. The van der Waals surface area contributed by atoms with Crippen molar-refractivity contribution in [3.8, 4) is 23.2 Å². The number of fused-ring (bicyclic) bond motifs is 1. The molecule has 0 saturated heterocycles. The number of aromatic carboxylic acids is 1. The van der Waals surface area contributed by atoms with Crippen molar-refractivity contribution in [3.05, 3.63) is 118 Å². The molecule has 1 N–H and O–H groups in total. The largest absolute Gasteiger partial charge is 0.478 e. The molecule has 1 amide bonds. The van der Waals surface area contributed by atoms with Crippen LogP contribution in [0.3, 0.4) is 0 Å². The van der Waals surface area contributed by atoms with Gasteiger partial charge in [0.1, 0.15) is 18.2 Å².